The third-order valence-corrected chi connectivity index (χ3v) is 5.16. The van der Waals surface area contributed by atoms with Gasteiger partial charge in [-0.1, -0.05) is 6.92 Å². The molecule has 2 fully saturated rings. The lowest BCUT2D eigenvalue weighted by Gasteiger charge is -2.58. The molecule has 0 amide bonds. The van der Waals surface area contributed by atoms with Crippen molar-refractivity contribution in [3.8, 4) is 0 Å². The van der Waals surface area contributed by atoms with Crippen molar-refractivity contribution in [2.75, 3.05) is 26.3 Å². The Bertz CT molecular complexity index is 418. The molecule has 3 nitrogen and oxygen atoms in total. The van der Waals surface area contributed by atoms with E-state index in [4.69, 9.17) is 4.74 Å². The van der Waals surface area contributed by atoms with Crippen molar-refractivity contribution < 1.29 is 4.74 Å². The van der Waals surface area contributed by atoms with Crippen LogP contribution in [0.5, 0.6) is 0 Å². The van der Waals surface area contributed by atoms with Gasteiger partial charge in [0.05, 0.1) is 0 Å². The number of aromatic nitrogens is 1. The van der Waals surface area contributed by atoms with Gasteiger partial charge in [0.1, 0.15) is 0 Å². The molecule has 3 heteroatoms. The van der Waals surface area contributed by atoms with Crippen LogP contribution >= 0.6 is 0 Å². The van der Waals surface area contributed by atoms with E-state index in [1.807, 2.05) is 12.4 Å². The summed E-state index contributed by atoms with van der Waals surface area (Å²) in [4.78, 5) is 4.18. The van der Waals surface area contributed by atoms with Gasteiger partial charge < -0.3 is 10.1 Å². The molecule has 2 heterocycles. The summed E-state index contributed by atoms with van der Waals surface area (Å²) in [7, 11) is 0. The van der Waals surface area contributed by atoms with E-state index in [9.17, 15) is 0 Å². The first-order valence-electron chi connectivity index (χ1n) is 7.98. The van der Waals surface area contributed by atoms with Gasteiger partial charge in [0.25, 0.3) is 0 Å². The van der Waals surface area contributed by atoms with Crippen molar-refractivity contribution in [2.45, 2.75) is 44.4 Å². The van der Waals surface area contributed by atoms with E-state index in [1.54, 1.807) is 0 Å². The number of nitrogens with one attached hydrogen (secondary N) is 1. The van der Waals surface area contributed by atoms with Crippen LogP contribution in [0.2, 0.25) is 0 Å². The van der Waals surface area contributed by atoms with Crippen LogP contribution in [0.4, 0.5) is 0 Å². The Morgan fingerprint density at radius 3 is 2.55 bits per heavy atom. The Hall–Kier alpha value is -0.930. The van der Waals surface area contributed by atoms with Crippen molar-refractivity contribution in [3.05, 3.63) is 30.1 Å². The van der Waals surface area contributed by atoms with Crippen LogP contribution in [0.25, 0.3) is 0 Å². The molecule has 3 rings (SSSR count). The van der Waals surface area contributed by atoms with Crippen LogP contribution < -0.4 is 5.32 Å². The van der Waals surface area contributed by atoms with Crippen LogP contribution in [0, 0.1) is 5.41 Å². The quantitative estimate of drug-likeness (QED) is 0.838. The molecule has 1 N–H and O–H groups in total. The van der Waals surface area contributed by atoms with Gasteiger partial charge in [-0.25, -0.2) is 0 Å². The Kier molecular flexibility index (Phi) is 4.08. The maximum Gasteiger partial charge on any atom is 0.0471 e. The average Bonchev–Trinajstić information content (AvgIpc) is 2.47. The molecule has 110 valence electrons. The summed E-state index contributed by atoms with van der Waals surface area (Å²) < 4.78 is 5.55. The van der Waals surface area contributed by atoms with Crippen molar-refractivity contribution in [1.82, 2.24) is 10.3 Å². The molecule has 1 aromatic rings. The van der Waals surface area contributed by atoms with Crippen molar-refractivity contribution in [1.29, 1.82) is 0 Å². The van der Waals surface area contributed by atoms with Gasteiger partial charge in [0.2, 0.25) is 0 Å². The number of nitrogens with zero attached hydrogens (tertiary/aromatic N) is 1. The van der Waals surface area contributed by atoms with E-state index in [0.29, 0.717) is 10.8 Å². The minimum Gasteiger partial charge on any atom is -0.381 e. The molecule has 0 aromatic carbocycles. The first-order valence-corrected chi connectivity index (χ1v) is 7.98. The summed E-state index contributed by atoms with van der Waals surface area (Å²) in [6.45, 7) is 6.35. The van der Waals surface area contributed by atoms with Gasteiger partial charge in [-0.3, -0.25) is 4.98 Å². The second kappa shape index (κ2) is 5.82. The van der Waals surface area contributed by atoms with Gasteiger partial charge in [-0.2, -0.15) is 0 Å². The van der Waals surface area contributed by atoms with Gasteiger partial charge in [-0.05, 0) is 61.8 Å². The number of ether oxygens (including phenoxy) is 1. The van der Waals surface area contributed by atoms with E-state index >= 15 is 0 Å². The minimum atomic E-state index is 0.329. The zero-order chi connectivity index (χ0) is 13.9. The fourth-order valence-electron chi connectivity index (χ4n) is 4.18. The molecule has 0 unspecified atom stereocenters. The third kappa shape index (κ3) is 2.61. The molecule has 20 heavy (non-hydrogen) atoms. The van der Waals surface area contributed by atoms with Crippen molar-refractivity contribution in [2.24, 2.45) is 5.41 Å². The van der Waals surface area contributed by atoms with E-state index in [2.05, 4.69) is 29.4 Å². The fourth-order valence-corrected chi connectivity index (χ4v) is 4.18. The van der Waals surface area contributed by atoms with E-state index < -0.39 is 0 Å². The fraction of sp³-hybridized carbons (Fsp3) is 0.706. The number of hydrogen-bond donors (Lipinski definition) is 1. The zero-order valence-electron chi connectivity index (χ0n) is 12.5. The molecular formula is C17H26N2O. The van der Waals surface area contributed by atoms with Crippen LogP contribution in [0.15, 0.2) is 24.5 Å². The molecule has 1 aliphatic heterocycles. The molecule has 0 radical (unpaired) electrons. The van der Waals surface area contributed by atoms with Gasteiger partial charge in [0, 0.05) is 37.6 Å². The third-order valence-electron chi connectivity index (χ3n) is 5.16. The number of hydrogen-bond acceptors (Lipinski definition) is 3. The normalized spacial score (nSPS) is 23.4. The first-order chi connectivity index (χ1) is 9.79. The summed E-state index contributed by atoms with van der Waals surface area (Å²) in [5.41, 5.74) is 2.35. The lowest BCUT2D eigenvalue weighted by atomic mass is 9.48. The topological polar surface area (TPSA) is 34.2 Å². The Morgan fingerprint density at radius 2 is 1.90 bits per heavy atom. The van der Waals surface area contributed by atoms with Crippen LogP contribution in [-0.4, -0.2) is 31.3 Å². The summed E-state index contributed by atoms with van der Waals surface area (Å²) in [6, 6.07) is 4.42. The summed E-state index contributed by atoms with van der Waals surface area (Å²) in [5, 5.41) is 3.65. The molecular weight excluding hydrogens is 248 g/mol. The Balaban J connectivity index is 1.73. The van der Waals surface area contributed by atoms with Gasteiger partial charge in [0.15, 0.2) is 0 Å². The minimum absolute atomic E-state index is 0.329. The average molecular weight is 274 g/mol. The second-order valence-corrected chi connectivity index (χ2v) is 6.66. The van der Waals surface area contributed by atoms with Crippen LogP contribution in [0.1, 0.15) is 44.6 Å². The SMILES string of the molecule is CCCNCC1(c2ccncc2)CC2(CCOCC2)C1. The molecule has 2 aliphatic rings. The summed E-state index contributed by atoms with van der Waals surface area (Å²) in [5.74, 6) is 0. The lowest BCUT2D eigenvalue weighted by molar-refractivity contribution is -0.0736. The highest BCUT2D eigenvalue weighted by molar-refractivity contribution is 5.30. The Labute approximate surface area is 122 Å². The summed E-state index contributed by atoms with van der Waals surface area (Å²) in [6.07, 6.45) is 10.2. The van der Waals surface area contributed by atoms with Crippen LogP contribution in [0.3, 0.4) is 0 Å². The van der Waals surface area contributed by atoms with Gasteiger partial charge >= 0.3 is 0 Å². The molecule has 1 saturated carbocycles. The predicted molar refractivity (Wildman–Crippen MR) is 80.8 cm³/mol. The largest absolute Gasteiger partial charge is 0.381 e. The predicted octanol–water partition coefficient (Wildman–Crippen LogP) is 2.91. The number of rotatable bonds is 5. The summed E-state index contributed by atoms with van der Waals surface area (Å²) >= 11 is 0. The van der Waals surface area contributed by atoms with E-state index in [0.717, 1.165) is 26.3 Å². The second-order valence-electron chi connectivity index (χ2n) is 6.66. The molecule has 0 atom stereocenters. The highest BCUT2D eigenvalue weighted by atomic mass is 16.5. The zero-order valence-corrected chi connectivity index (χ0v) is 12.5. The maximum absolute atomic E-state index is 5.55. The highest BCUT2D eigenvalue weighted by Crippen LogP contribution is 2.59. The molecule has 1 aliphatic carbocycles. The molecule has 1 spiro atoms. The lowest BCUT2D eigenvalue weighted by Crippen LogP contribution is -2.56. The van der Waals surface area contributed by atoms with E-state index in [-0.39, 0.29) is 0 Å². The number of pyridine rings is 1. The Morgan fingerprint density at radius 1 is 1.20 bits per heavy atom. The molecule has 0 bridgehead atoms. The van der Waals surface area contributed by atoms with Crippen LogP contribution in [-0.2, 0) is 10.2 Å². The molecule has 1 saturated heterocycles. The van der Waals surface area contributed by atoms with Gasteiger partial charge in [-0.15, -0.1) is 0 Å². The maximum atomic E-state index is 5.55. The standard InChI is InChI=1S/C17H26N2O/c1-2-7-19-14-17(15-3-8-18-9-4-15)12-16(13-17)5-10-20-11-6-16/h3-4,8-9,19H,2,5-7,10-14H2,1H3. The molecule has 1 aromatic heterocycles. The monoisotopic (exact) mass is 274 g/mol. The van der Waals surface area contributed by atoms with Crippen molar-refractivity contribution >= 4 is 0 Å². The smallest absolute Gasteiger partial charge is 0.0471 e. The van der Waals surface area contributed by atoms with Crippen molar-refractivity contribution in [3.63, 3.8) is 0 Å². The highest BCUT2D eigenvalue weighted by Gasteiger charge is 2.54. The van der Waals surface area contributed by atoms with E-state index in [1.165, 1.54) is 37.7 Å². The first kappa shape index (κ1) is 14.0.